The zero-order chi connectivity index (χ0) is 17.9. The van der Waals surface area contributed by atoms with Crippen LogP contribution in [0.15, 0.2) is 47.8 Å². The molecular formula is C18H24N2O4. The Kier molecular flexibility index (Phi) is 8.11. The van der Waals surface area contributed by atoms with E-state index in [1.54, 1.807) is 27.7 Å². The van der Waals surface area contributed by atoms with Crippen molar-refractivity contribution >= 4 is 23.3 Å². The Morgan fingerprint density at radius 2 is 1.25 bits per heavy atom. The summed E-state index contributed by atoms with van der Waals surface area (Å²) in [5, 5.41) is 6.28. The fourth-order valence-electron chi connectivity index (χ4n) is 1.92. The highest BCUT2D eigenvalue weighted by atomic mass is 16.5. The SMILES string of the molecule is CCOC(=O)/C=C(\C)Nc1ccccc1N/C(C)=C/C(=O)OCC. The highest BCUT2D eigenvalue weighted by Gasteiger charge is 2.05. The molecule has 6 nitrogen and oxygen atoms in total. The molecule has 1 aromatic rings. The van der Waals surface area contributed by atoms with E-state index in [4.69, 9.17) is 9.47 Å². The van der Waals surface area contributed by atoms with E-state index in [-0.39, 0.29) is 0 Å². The Morgan fingerprint density at radius 1 is 0.875 bits per heavy atom. The number of allylic oxidation sites excluding steroid dienone is 2. The molecular weight excluding hydrogens is 308 g/mol. The molecule has 0 amide bonds. The summed E-state index contributed by atoms with van der Waals surface area (Å²) in [5.74, 6) is -0.794. The van der Waals surface area contributed by atoms with E-state index in [2.05, 4.69) is 10.6 Å². The Balaban J connectivity index is 2.85. The van der Waals surface area contributed by atoms with E-state index in [0.29, 0.717) is 24.6 Å². The van der Waals surface area contributed by atoms with Crippen LogP contribution in [0.25, 0.3) is 0 Å². The smallest absolute Gasteiger partial charge is 0.332 e. The number of carbonyl (C=O) groups excluding carboxylic acids is 2. The Hall–Kier alpha value is -2.76. The lowest BCUT2D eigenvalue weighted by Gasteiger charge is -2.14. The highest BCUT2D eigenvalue weighted by Crippen LogP contribution is 2.24. The van der Waals surface area contributed by atoms with E-state index >= 15 is 0 Å². The van der Waals surface area contributed by atoms with E-state index < -0.39 is 11.9 Å². The van der Waals surface area contributed by atoms with Gasteiger partial charge in [0.2, 0.25) is 0 Å². The minimum Gasteiger partial charge on any atom is -0.463 e. The van der Waals surface area contributed by atoms with Crippen LogP contribution < -0.4 is 10.6 Å². The molecule has 0 saturated heterocycles. The van der Waals surface area contributed by atoms with Gasteiger partial charge in [-0.3, -0.25) is 0 Å². The molecule has 0 atom stereocenters. The largest absolute Gasteiger partial charge is 0.463 e. The fraction of sp³-hybridized carbons (Fsp3) is 0.333. The van der Waals surface area contributed by atoms with Gasteiger partial charge in [-0.1, -0.05) is 12.1 Å². The lowest BCUT2D eigenvalue weighted by molar-refractivity contribution is -0.138. The van der Waals surface area contributed by atoms with Gasteiger partial charge in [0.15, 0.2) is 0 Å². The molecule has 1 rings (SSSR count). The average Bonchev–Trinajstić information content (AvgIpc) is 2.49. The first-order chi connectivity index (χ1) is 11.5. The van der Waals surface area contributed by atoms with Crippen molar-refractivity contribution in [1.29, 1.82) is 0 Å². The summed E-state index contributed by atoms with van der Waals surface area (Å²) >= 11 is 0. The summed E-state index contributed by atoms with van der Waals surface area (Å²) in [6.45, 7) is 7.72. The second kappa shape index (κ2) is 10.1. The molecule has 0 fully saturated rings. The fourth-order valence-corrected chi connectivity index (χ4v) is 1.92. The summed E-state index contributed by atoms with van der Waals surface area (Å²) in [6, 6.07) is 7.47. The molecule has 0 heterocycles. The minimum atomic E-state index is -0.397. The molecule has 24 heavy (non-hydrogen) atoms. The van der Waals surface area contributed by atoms with Gasteiger partial charge in [-0.05, 0) is 39.8 Å². The predicted molar refractivity (Wildman–Crippen MR) is 94.5 cm³/mol. The third-order valence-electron chi connectivity index (χ3n) is 2.83. The Bertz CT molecular complexity index is 581. The van der Waals surface area contributed by atoms with Crippen LogP contribution in [0.2, 0.25) is 0 Å². The summed E-state index contributed by atoms with van der Waals surface area (Å²) in [6.07, 6.45) is 2.78. The van der Waals surface area contributed by atoms with Crippen LogP contribution in [-0.2, 0) is 19.1 Å². The number of hydrogen-bond donors (Lipinski definition) is 2. The quantitative estimate of drug-likeness (QED) is 0.561. The number of hydrogen-bond acceptors (Lipinski definition) is 6. The van der Waals surface area contributed by atoms with Crippen LogP contribution in [-0.4, -0.2) is 25.2 Å². The van der Waals surface area contributed by atoms with Gasteiger partial charge in [-0.2, -0.15) is 0 Å². The molecule has 0 aliphatic carbocycles. The molecule has 0 bridgehead atoms. The number of rotatable bonds is 8. The van der Waals surface area contributed by atoms with Crippen molar-refractivity contribution in [3.8, 4) is 0 Å². The van der Waals surface area contributed by atoms with Gasteiger partial charge >= 0.3 is 11.9 Å². The number of carbonyl (C=O) groups is 2. The van der Waals surface area contributed by atoms with Crippen LogP contribution in [0.3, 0.4) is 0 Å². The summed E-state index contributed by atoms with van der Waals surface area (Å²) in [5.41, 5.74) is 2.84. The van der Waals surface area contributed by atoms with Crippen LogP contribution in [0.5, 0.6) is 0 Å². The zero-order valence-electron chi connectivity index (χ0n) is 14.5. The second-order valence-corrected chi connectivity index (χ2v) is 4.95. The van der Waals surface area contributed by atoms with Gasteiger partial charge < -0.3 is 20.1 Å². The van der Waals surface area contributed by atoms with Crippen LogP contribution in [0.1, 0.15) is 27.7 Å². The van der Waals surface area contributed by atoms with Crippen molar-refractivity contribution in [2.75, 3.05) is 23.8 Å². The topological polar surface area (TPSA) is 76.7 Å². The molecule has 130 valence electrons. The van der Waals surface area contributed by atoms with Crippen molar-refractivity contribution in [1.82, 2.24) is 0 Å². The van der Waals surface area contributed by atoms with E-state index in [0.717, 1.165) is 11.4 Å². The predicted octanol–water partition coefficient (Wildman–Crippen LogP) is 3.44. The number of nitrogens with one attached hydrogen (secondary N) is 2. The number of para-hydroxylation sites is 2. The van der Waals surface area contributed by atoms with Gasteiger partial charge in [-0.25, -0.2) is 9.59 Å². The molecule has 1 aromatic carbocycles. The molecule has 0 radical (unpaired) electrons. The second-order valence-electron chi connectivity index (χ2n) is 4.95. The molecule has 0 unspecified atom stereocenters. The number of anilines is 2. The van der Waals surface area contributed by atoms with E-state index in [1.165, 1.54) is 12.2 Å². The third kappa shape index (κ3) is 7.00. The maximum absolute atomic E-state index is 11.5. The van der Waals surface area contributed by atoms with Crippen molar-refractivity contribution in [3.63, 3.8) is 0 Å². The normalized spacial score (nSPS) is 11.7. The summed E-state index contributed by atoms with van der Waals surface area (Å²) in [7, 11) is 0. The maximum atomic E-state index is 11.5. The monoisotopic (exact) mass is 332 g/mol. The van der Waals surface area contributed by atoms with Crippen molar-refractivity contribution < 1.29 is 19.1 Å². The van der Waals surface area contributed by atoms with Gasteiger partial charge in [0.1, 0.15) is 0 Å². The number of benzene rings is 1. The minimum absolute atomic E-state index is 0.332. The molecule has 2 N–H and O–H groups in total. The van der Waals surface area contributed by atoms with Gasteiger partial charge in [0, 0.05) is 23.5 Å². The van der Waals surface area contributed by atoms with Crippen LogP contribution in [0, 0.1) is 0 Å². The summed E-state index contributed by atoms with van der Waals surface area (Å²) < 4.78 is 9.76. The molecule has 0 aliphatic heterocycles. The van der Waals surface area contributed by atoms with Crippen molar-refractivity contribution in [2.45, 2.75) is 27.7 Å². The first-order valence-electron chi connectivity index (χ1n) is 7.79. The lowest BCUT2D eigenvalue weighted by atomic mass is 10.2. The zero-order valence-corrected chi connectivity index (χ0v) is 14.5. The van der Waals surface area contributed by atoms with Crippen LogP contribution >= 0.6 is 0 Å². The first kappa shape index (κ1) is 19.3. The highest BCUT2D eigenvalue weighted by molar-refractivity contribution is 5.85. The van der Waals surface area contributed by atoms with Crippen molar-refractivity contribution in [2.24, 2.45) is 0 Å². The molecule has 0 spiro atoms. The first-order valence-corrected chi connectivity index (χ1v) is 7.79. The molecule has 0 aromatic heterocycles. The maximum Gasteiger partial charge on any atom is 0.332 e. The van der Waals surface area contributed by atoms with E-state index in [1.807, 2.05) is 24.3 Å². The van der Waals surface area contributed by atoms with Crippen LogP contribution in [0.4, 0.5) is 11.4 Å². The average molecular weight is 332 g/mol. The van der Waals surface area contributed by atoms with E-state index in [9.17, 15) is 9.59 Å². The van der Waals surface area contributed by atoms with Crippen molar-refractivity contribution in [3.05, 3.63) is 47.8 Å². The van der Waals surface area contributed by atoms with Gasteiger partial charge in [0.25, 0.3) is 0 Å². The van der Waals surface area contributed by atoms with Gasteiger partial charge in [-0.15, -0.1) is 0 Å². The summed E-state index contributed by atoms with van der Waals surface area (Å²) in [4.78, 5) is 22.9. The lowest BCUT2D eigenvalue weighted by Crippen LogP contribution is -2.07. The molecule has 6 heteroatoms. The number of ether oxygens (including phenoxy) is 2. The van der Waals surface area contributed by atoms with Gasteiger partial charge in [0.05, 0.1) is 24.6 Å². The standard InChI is InChI=1S/C18H24N2O4/c1-5-23-17(21)11-13(3)19-15-9-7-8-10-16(15)20-14(4)12-18(22)24-6-2/h7-12,19-20H,5-6H2,1-4H3/b13-11+,14-12+. The molecule has 0 aliphatic rings. The third-order valence-corrected chi connectivity index (χ3v) is 2.83. The molecule has 0 saturated carbocycles. The Morgan fingerprint density at radius 3 is 1.58 bits per heavy atom. The number of esters is 2. The Labute approximate surface area is 142 Å².